The summed E-state index contributed by atoms with van der Waals surface area (Å²) in [5.74, 6) is 0.310. The lowest BCUT2D eigenvalue weighted by Crippen LogP contribution is -2.31. The largest absolute Gasteiger partial charge is 0.346 e. The standard InChI is InChI=1S/C20H43O2P/c1-5-7-9-11-13-15-17-20(19(3)4,23(21)22)18-16-14-12-10-8-6-2/h19,23H,5-18H2,1-4H3,(H,21,22). The maximum absolute atomic E-state index is 12.2. The fraction of sp³-hybridized carbons (Fsp3) is 1.00. The van der Waals surface area contributed by atoms with Gasteiger partial charge in [-0.25, -0.2) is 0 Å². The Kier molecular flexibility index (Phi) is 14.6. The summed E-state index contributed by atoms with van der Waals surface area (Å²) in [4.78, 5) is 10.1. The lowest BCUT2D eigenvalue weighted by molar-refractivity contribution is 0.312. The number of rotatable bonds is 16. The minimum absolute atomic E-state index is 0.305. The summed E-state index contributed by atoms with van der Waals surface area (Å²) in [6, 6.07) is 0. The molecule has 0 aromatic heterocycles. The van der Waals surface area contributed by atoms with Gasteiger partial charge in [-0.15, -0.1) is 0 Å². The van der Waals surface area contributed by atoms with E-state index in [1.165, 1.54) is 64.2 Å². The van der Waals surface area contributed by atoms with Crippen molar-refractivity contribution in [3.63, 3.8) is 0 Å². The first-order valence-corrected chi connectivity index (χ1v) is 11.6. The lowest BCUT2D eigenvalue weighted by Gasteiger charge is -2.35. The van der Waals surface area contributed by atoms with Crippen LogP contribution in [0, 0.1) is 5.92 Å². The summed E-state index contributed by atoms with van der Waals surface area (Å²) >= 11 is 0. The molecule has 0 rings (SSSR count). The Balaban J connectivity index is 4.27. The van der Waals surface area contributed by atoms with Crippen LogP contribution in [-0.4, -0.2) is 10.0 Å². The molecule has 3 heteroatoms. The van der Waals surface area contributed by atoms with Crippen molar-refractivity contribution < 1.29 is 9.46 Å². The Morgan fingerprint density at radius 3 is 1.39 bits per heavy atom. The Labute approximate surface area is 146 Å². The normalized spacial score (nSPS) is 13.7. The van der Waals surface area contributed by atoms with Gasteiger partial charge in [0.05, 0.1) is 0 Å². The van der Waals surface area contributed by atoms with Gasteiger partial charge in [-0.1, -0.05) is 105 Å². The molecule has 0 saturated heterocycles. The number of hydrogen-bond donors (Lipinski definition) is 1. The lowest BCUT2D eigenvalue weighted by atomic mass is 9.84. The smallest absolute Gasteiger partial charge is 0.195 e. The molecular weight excluding hydrogens is 303 g/mol. The van der Waals surface area contributed by atoms with Gasteiger partial charge in [0, 0.05) is 5.16 Å². The molecule has 0 amide bonds. The molecule has 1 unspecified atom stereocenters. The van der Waals surface area contributed by atoms with Crippen molar-refractivity contribution in [3.05, 3.63) is 0 Å². The summed E-state index contributed by atoms with van der Waals surface area (Å²) in [7, 11) is -2.48. The zero-order chi connectivity index (χ0) is 17.6. The molecule has 1 atom stereocenters. The molecule has 0 saturated carbocycles. The molecular formula is C20H43O2P. The third-order valence-corrected chi connectivity index (χ3v) is 7.41. The van der Waals surface area contributed by atoms with Gasteiger partial charge < -0.3 is 4.89 Å². The van der Waals surface area contributed by atoms with Gasteiger partial charge in [0.15, 0.2) is 8.03 Å². The first-order valence-electron chi connectivity index (χ1n) is 10.2. The third-order valence-electron chi connectivity index (χ3n) is 5.48. The topological polar surface area (TPSA) is 37.3 Å². The zero-order valence-corrected chi connectivity index (χ0v) is 17.3. The summed E-state index contributed by atoms with van der Waals surface area (Å²) in [5, 5.41) is -0.305. The van der Waals surface area contributed by atoms with E-state index in [4.69, 9.17) is 0 Å². The van der Waals surface area contributed by atoms with E-state index in [0.29, 0.717) is 5.92 Å². The predicted molar refractivity (Wildman–Crippen MR) is 105 cm³/mol. The van der Waals surface area contributed by atoms with Gasteiger partial charge in [0.2, 0.25) is 0 Å². The molecule has 0 aromatic rings. The maximum atomic E-state index is 12.2. The molecule has 0 spiro atoms. The van der Waals surface area contributed by atoms with Gasteiger partial charge >= 0.3 is 0 Å². The van der Waals surface area contributed by atoms with Crippen LogP contribution in [0.25, 0.3) is 0 Å². The second-order valence-electron chi connectivity index (χ2n) is 7.65. The maximum Gasteiger partial charge on any atom is 0.195 e. The van der Waals surface area contributed by atoms with E-state index in [9.17, 15) is 9.46 Å². The van der Waals surface area contributed by atoms with Gasteiger partial charge in [0.25, 0.3) is 0 Å². The average Bonchev–Trinajstić information content (AvgIpc) is 2.51. The van der Waals surface area contributed by atoms with Crippen LogP contribution in [0.15, 0.2) is 0 Å². The fourth-order valence-corrected chi connectivity index (χ4v) is 4.88. The molecule has 140 valence electrons. The number of hydrogen-bond acceptors (Lipinski definition) is 1. The van der Waals surface area contributed by atoms with Crippen LogP contribution in [0.3, 0.4) is 0 Å². The monoisotopic (exact) mass is 346 g/mol. The quantitative estimate of drug-likeness (QED) is 0.234. The number of unbranched alkanes of at least 4 members (excludes halogenated alkanes) is 10. The van der Waals surface area contributed by atoms with E-state index in [2.05, 4.69) is 27.7 Å². The van der Waals surface area contributed by atoms with Crippen LogP contribution >= 0.6 is 8.03 Å². The Morgan fingerprint density at radius 2 is 1.09 bits per heavy atom. The molecule has 0 aliphatic rings. The summed E-state index contributed by atoms with van der Waals surface area (Å²) in [5.41, 5.74) is 0. The van der Waals surface area contributed by atoms with Crippen LogP contribution in [0.1, 0.15) is 118 Å². The summed E-state index contributed by atoms with van der Waals surface area (Å²) in [6.45, 7) is 8.77. The Morgan fingerprint density at radius 1 is 0.739 bits per heavy atom. The SMILES string of the molecule is CCCCCCCCC(CCCCCCCC)(C(C)C)[PH](=O)O. The van der Waals surface area contributed by atoms with Crippen molar-refractivity contribution in [1.82, 2.24) is 0 Å². The highest BCUT2D eigenvalue weighted by Gasteiger charge is 2.37. The van der Waals surface area contributed by atoms with Crippen molar-refractivity contribution in [3.8, 4) is 0 Å². The summed E-state index contributed by atoms with van der Waals surface area (Å²) in [6.07, 6.45) is 17.0. The Hall–Kier alpha value is 0.190. The third kappa shape index (κ3) is 9.92. The molecule has 2 nitrogen and oxygen atoms in total. The van der Waals surface area contributed by atoms with E-state index in [0.717, 1.165) is 25.7 Å². The summed E-state index contributed by atoms with van der Waals surface area (Å²) < 4.78 is 12.2. The first-order chi connectivity index (χ1) is 11.0. The predicted octanol–water partition coefficient (Wildman–Crippen LogP) is 7.35. The average molecular weight is 347 g/mol. The van der Waals surface area contributed by atoms with Crippen LogP contribution < -0.4 is 0 Å². The molecule has 0 radical (unpaired) electrons. The van der Waals surface area contributed by atoms with E-state index in [1.54, 1.807) is 0 Å². The molecule has 23 heavy (non-hydrogen) atoms. The van der Waals surface area contributed by atoms with Gasteiger partial charge in [-0.3, -0.25) is 4.57 Å². The second-order valence-corrected chi connectivity index (χ2v) is 9.26. The van der Waals surface area contributed by atoms with E-state index >= 15 is 0 Å². The molecule has 0 aliphatic carbocycles. The minimum atomic E-state index is -2.48. The molecule has 0 fully saturated rings. The first kappa shape index (κ1) is 23.2. The van der Waals surface area contributed by atoms with E-state index in [1.807, 2.05) is 0 Å². The van der Waals surface area contributed by atoms with Crippen molar-refractivity contribution in [1.29, 1.82) is 0 Å². The van der Waals surface area contributed by atoms with Crippen molar-refractivity contribution >= 4 is 8.03 Å². The molecule has 0 aromatic carbocycles. The van der Waals surface area contributed by atoms with E-state index < -0.39 is 8.03 Å². The fourth-order valence-electron chi connectivity index (χ4n) is 3.60. The molecule has 0 bridgehead atoms. The van der Waals surface area contributed by atoms with Crippen LogP contribution in [0.5, 0.6) is 0 Å². The molecule has 0 aliphatic heterocycles. The highest BCUT2D eigenvalue weighted by molar-refractivity contribution is 7.40. The van der Waals surface area contributed by atoms with Gasteiger partial charge in [-0.05, 0) is 18.8 Å². The second kappa shape index (κ2) is 14.5. The van der Waals surface area contributed by atoms with Crippen LogP contribution in [-0.2, 0) is 4.57 Å². The van der Waals surface area contributed by atoms with Crippen molar-refractivity contribution in [2.24, 2.45) is 5.92 Å². The van der Waals surface area contributed by atoms with Gasteiger partial charge in [-0.2, -0.15) is 0 Å². The zero-order valence-electron chi connectivity index (χ0n) is 16.3. The van der Waals surface area contributed by atoms with Crippen molar-refractivity contribution in [2.75, 3.05) is 0 Å². The highest BCUT2D eigenvalue weighted by Crippen LogP contribution is 2.49. The van der Waals surface area contributed by atoms with Gasteiger partial charge in [0.1, 0.15) is 0 Å². The highest BCUT2D eigenvalue weighted by atomic mass is 31.1. The molecule has 0 heterocycles. The Bertz CT molecular complexity index is 273. The minimum Gasteiger partial charge on any atom is -0.346 e. The molecule has 1 N–H and O–H groups in total. The van der Waals surface area contributed by atoms with Crippen LogP contribution in [0.2, 0.25) is 0 Å². The van der Waals surface area contributed by atoms with Crippen molar-refractivity contribution in [2.45, 2.75) is 123 Å². The van der Waals surface area contributed by atoms with Crippen LogP contribution in [0.4, 0.5) is 0 Å². The van der Waals surface area contributed by atoms with E-state index in [-0.39, 0.29) is 5.16 Å².